The summed E-state index contributed by atoms with van der Waals surface area (Å²) < 4.78 is 20.6. The summed E-state index contributed by atoms with van der Waals surface area (Å²) in [6, 6.07) is 3.32. The quantitative estimate of drug-likeness (QED) is 0.418. The van der Waals surface area contributed by atoms with Crippen molar-refractivity contribution in [3.05, 3.63) is 12.1 Å². The molecule has 0 aliphatic carbocycles. The van der Waals surface area contributed by atoms with Crippen LogP contribution >= 0.6 is 0 Å². The molecule has 1 saturated heterocycles. The maximum Gasteiger partial charge on any atom is 0.203 e. The molecule has 1 aromatic carbocycles. The first kappa shape index (κ1) is 12.8. The van der Waals surface area contributed by atoms with Crippen molar-refractivity contribution in [1.82, 2.24) is 0 Å². The molecule has 1 unspecified atom stereocenters. The van der Waals surface area contributed by atoms with Gasteiger partial charge in [0.05, 0.1) is 27.9 Å². The molecule has 18 heavy (non-hydrogen) atoms. The molecule has 0 amide bonds. The van der Waals surface area contributed by atoms with E-state index in [2.05, 4.69) is 0 Å². The summed E-state index contributed by atoms with van der Waals surface area (Å²) in [7, 11) is 4.63. The molecule has 1 aromatic rings. The van der Waals surface area contributed by atoms with E-state index in [4.69, 9.17) is 28.7 Å². The highest BCUT2D eigenvalue weighted by atomic mass is 17.2. The molecule has 6 nitrogen and oxygen atoms in total. The molecular weight excluding hydrogens is 240 g/mol. The van der Waals surface area contributed by atoms with Crippen LogP contribution in [0, 0.1) is 0 Å². The summed E-state index contributed by atoms with van der Waals surface area (Å²) in [5.74, 6) is 2.01. The molecule has 0 N–H and O–H groups in total. The van der Waals surface area contributed by atoms with Gasteiger partial charge in [0, 0.05) is 12.1 Å². The molecule has 0 bridgehead atoms. The highest BCUT2D eigenvalue weighted by Gasteiger charge is 2.23. The molecule has 1 aliphatic heterocycles. The lowest BCUT2D eigenvalue weighted by Crippen LogP contribution is -2.05. The fourth-order valence-electron chi connectivity index (χ4n) is 1.45. The molecule has 1 fully saturated rings. The zero-order chi connectivity index (χ0) is 13.0. The fourth-order valence-corrected chi connectivity index (χ4v) is 1.45. The molecular formula is C12H16O6. The topological polar surface area (TPSA) is 58.7 Å². The van der Waals surface area contributed by atoms with Crippen molar-refractivity contribution < 1.29 is 28.7 Å². The summed E-state index contributed by atoms with van der Waals surface area (Å²) in [5.41, 5.74) is 0. The van der Waals surface area contributed by atoms with Crippen molar-refractivity contribution in [3.63, 3.8) is 0 Å². The van der Waals surface area contributed by atoms with Gasteiger partial charge < -0.3 is 23.8 Å². The average Bonchev–Trinajstić information content (AvgIpc) is 3.21. The number of ether oxygens (including phenoxy) is 4. The number of hydrogen-bond acceptors (Lipinski definition) is 6. The zero-order valence-corrected chi connectivity index (χ0v) is 10.6. The summed E-state index contributed by atoms with van der Waals surface area (Å²) in [5, 5.41) is 0. The molecule has 1 atom stereocenters. The number of rotatable bonds is 7. The predicted molar refractivity (Wildman–Crippen MR) is 62.4 cm³/mol. The molecule has 0 saturated carbocycles. The van der Waals surface area contributed by atoms with E-state index in [-0.39, 0.29) is 6.10 Å². The van der Waals surface area contributed by atoms with Gasteiger partial charge in [-0.3, -0.25) is 0 Å². The Morgan fingerprint density at radius 1 is 1.11 bits per heavy atom. The van der Waals surface area contributed by atoms with Crippen molar-refractivity contribution >= 4 is 0 Å². The van der Waals surface area contributed by atoms with Crippen LogP contribution in [0.4, 0.5) is 0 Å². The van der Waals surface area contributed by atoms with E-state index >= 15 is 0 Å². The van der Waals surface area contributed by atoms with Gasteiger partial charge in [-0.15, -0.1) is 0 Å². The van der Waals surface area contributed by atoms with Crippen LogP contribution < -0.4 is 19.1 Å². The SMILES string of the molecule is COc1cc(OOCC2CO2)cc(OC)c1OC. The zero-order valence-electron chi connectivity index (χ0n) is 10.6. The van der Waals surface area contributed by atoms with Crippen LogP contribution in [0.5, 0.6) is 23.0 Å². The van der Waals surface area contributed by atoms with Crippen LogP contribution in [0.3, 0.4) is 0 Å². The van der Waals surface area contributed by atoms with Gasteiger partial charge in [0.2, 0.25) is 5.75 Å². The largest absolute Gasteiger partial charge is 0.493 e. The third-order valence-electron chi connectivity index (χ3n) is 2.45. The van der Waals surface area contributed by atoms with E-state index in [0.29, 0.717) is 29.6 Å². The smallest absolute Gasteiger partial charge is 0.203 e. The number of epoxide rings is 1. The van der Waals surface area contributed by atoms with Crippen molar-refractivity contribution in [2.24, 2.45) is 0 Å². The molecule has 1 heterocycles. The normalized spacial score (nSPS) is 17.2. The molecule has 100 valence electrons. The van der Waals surface area contributed by atoms with E-state index in [1.807, 2.05) is 0 Å². The summed E-state index contributed by atoms with van der Waals surface area (Å²) in [6.07, 6.45) is 0.145. The van der Waals surface area contributed by atoms with E-state index in [0.717, 1.165) is 6.61 Å². The Kier molecular flexibility index (Phi) is 4.11. The van der Waals surface area contributed by atoms with Gasteiger partial charge in [-0.2, -0.15) is 4.89 Å². The monoisotopic (exact) mass is 256 g/mol. The number of benzene rings is 1. The minimum absolute atomic E-state index is 0.145. The van der Waals surface area contributed by atoms with Gasteiger partial charge in [-0.1, -0.05) is 0 Å². The Morgan fingerprint density at radius 3 is 2.17 bits per heavy atom. The third-order valence-corrected chi connectivity index (χ3v) is 2.45. The molecule has 1 aliphatic rings. The van der Waals surface area contributed by atoms with Crippen molar-refractivity contribution in [1.29, 1.82) is 0 Å². The standard InChI is InChI=1S/C12H16O6/c1-13-10-4-8(18-17-7-9-6-16-9)5-11(14-2)12(10)15-3/h4-5,9H,6-7H2,1-3H3. The number of methoxy groups -OCH3 is 3. The van der Waals surface area contributed by atoms with Gasteiger partial charge in [-0.05, 0) is 0 Å². The van der Waals surface area contributed by atoms with Crippen LogP contribution in [0.15, 0.2) is 12.1 Å². The van der Waals surface area contributed by atoms with Crippen LogP contribution in [-0.2, 0) is 9.62 Å². The Bertz CT molecular complexity index is 377. The average molecular weight is 256 g/mol. The van der Waals surface area contributed by atoms with Crippen LogP contribution in [0.2, 0.25) is 0 Å². The van der Waals surface area contributed by atoms with Gasteiger partial charge in [0.25, 0.3) is 0 Å². The lowest BCUT2D eigenvalue weighted by Gasteiger charge is -2.13. The molecule has 0 spiro atoms. The van der Waals surface area contributed by atoms with Crippen molar-refractivity contribution in [3.8, 4) is 23.0 Å². The Hall–Kier alpha value is -1.66. The molecule has 2 rings (SSSR count). The summed E-state index contributed by atoms with van der Waals surface area (Å²) in [6.45, 7) is 1.12. The van der Waals surface area contributed by atoms with Gasteiger partial charge >= 0.3 is 0 Å². The van der Waals surface area contributed by atoms with E-state index in [1.54, 1.807) is 33.5 Å². The minimum Gasteiger partial charge on any atom is -0.493 e. The van der Waals surface area contributed by atoms with E-state index in [9.17, 15) is 0 Å². The Labute approximate surface area is 105 Å². The lowest BCUT2D eigenvalue weighted by atomic mass is 10.2. The first-order valence-corrected chi connectivity index (χ1v) is 5.49. The minimum atomic E-state index is 0.145. The van der Waals surface area contributed by atoms with Gasteiger partial charge in [0.1, 0.15) is 12.7 Å². The third kappa shape index (κ3) is 2.96. The summed E-state index contributed by atoms with van der Waals surface area (Å²) >= 11 is 0. The Balaban J connectivity index is 2.08. The van der Waals surface area contributed by atoms with Crippen LogP contribution in [0.1, 0.15) is 0 Å². The Morgan fingerprint density at radius 2 is 1.72 bits per heavy atom. The van der Waals surface area contributed by atoms with Gasteiger partial charge in [-0.25, -0.2) is 0 Å². The molecule has 0 aromatic heterocycles. The van der Waals surface area contributed by atoms with Crippen molar-refractivity contribution in [2.75, 3.05) is 34.5 Å². The van der Waals surface area contributed by atoms with Crippen LogP contribution in [-0.4, -0.2) is 40.6 Å². The lowest BCUT2D eigenvalue weighted by molar-refractivity contribution is -0.209. The second-order valence-electron chi connectivity index (χ2n) is 3.68. The van der Waals surface area contributed by atoms with Crippen molar-refractivity contribution in [2.45, 2.75) is 6.10 Å². The maximum atomic E-state index is 5.20. The molecule has 0 radical (unpaired) electrons. The number of hydrogen-bond donors (Lipinski definition) is 0. The van der Waals surface area contributed by atoms with E-state index in [1.165, 1.54) is 0 Å². The van der Waals surface area contributed by atoms with E-state index < -0.39 is 0 Å². The second kappa shape index (κ2) is 5.79. The van der Waals surface area contributed by atoms with Gasteiger partial charge in [0.15, 0.2) is 17.2 Å². The van der Waals surface area contributed by atoms with Crippen LogP contribution in [0.25, 0.3) is 0 Å². The highest BCUT2D eigenvalue weighted by molar-refractivity contribution is 5.55. The highest BCUT2D eigenvalue weighted by Crippen LogP contribution is 2.40. The summed E-state index contributed by atoms with van der Waals surface area (Å²) in [4.78, 5) is 10.2. The molecule has 6 heteroatoms. The first-order chi connectivity index (χ1) is 8.78. The maximum absolute atomic E-state index is 5.20. The second-order valence-corrected chi connectivity index (χ2v) is 3.68. The fraction of sp³-hybridized carbons (Fsp3) is 0.500. The predicted octanol–water partition coefficient (Wildman–Crippen LogP) is 1.42. The first-order valence-electron chi connectivity index (χ1n) is 5.49.